The number of hydrogen-bond donors (Lipinski definition) is 1. The van der Waals surface area contributed by atoms with Crippen LogP contribution in [0.5, 0.6) is 0 Å². The quantitative estimate of drug-likeness (QED) is 0.707. The van der Waals surface area contributed by atoms with Crippen LogP contribution in [-0.4, -0.2) is 31.2 Å². The molecule has 1 aromatic carbocycles. The monoisotopic (exact) mass is 361 g/mol. The molecule has 0 aliphatic carbocycles. The minimum absolute atomic E-state index is 0.0744. The third-order valence-electron chi connectivity index (χ3n) is 3.33. The average Bonchev–Trinajstić information content (AvgIpc) is 2.95. The summed E-state index contributed by atoms with van der Waals surface area (Å²) in [5.74, 6) is 0.730. The number of hydrogen-bond acceptors (Lipinski definition) is 5. The lowest BCUT2D eigenvalue weighted by Crippen LogP contribution is -2.24. The van der Waals surface area contributed by atoms with Gasteiger partial charge in [-0.15, -0.1) is 5.10 Å². The normalized spacial score (nSPS) is 11.0. The largest absolute Gasteiger partial charge is 0.351 e. The maximum Gasteiger partial charge on any atom is 0.253 e. The molecule has 1 N–H and O–H groups in total. The van der Waals surface area contributed by atoms with E-state index in [0.29, 0.717) is 22.5 Å². The summed E-state index contributed by atoms with van der Waals surface area (Å²) in [5.41, 5.74) is 2.85. The molecule has 0 radical (unpaired) electrons. The molecule has 0 unspecified atom stereocenters. The predicted octanol–water partition coefficient (Wildman–Crippen LogP) is 2.80. The van der Waals surface area contributed by atoms with Gasteiger partial charge in [0.25, 0.3) is 5.78 Å². The van der Waals surface area contributed by atoms with E-state index in [1.807, 2.05) is 32.0 Å². The minimum Gasteiger partial charge on any atom is -0.351 e. The molecule has 8 heteroatoms. The van der Waals surface area contributed by atoms with Crippen LogP contribution in [0.1, 0.15) is 17.0 Å². The number of nitrogens with zero attached hydrogens (tertiary/aromatic N) is 4. The third kappa shape index (κ3) is 4.04. The van der Waals surface area contributed by atoms with E-state index in [9.17, 15) is 4.79 Å². The molecular formula is C16H16ClN5OS. The number of aryl methyl sites for hydroxylation is 2. The molecule has 0 fully saturated rings. The van der Waals surface area contributed by atoms with Crippen LogP contribution in [0.3, 0.4) is 0 Å². The van der Waals surface area contributed by atoms with Crippen molar-refractivity contribution in [2.75, 3.05) is 5.75 Å². The van der Waals surface area contributed by atoms with Crippen LogP contribution in [0, 0.1) is 13.8 Å². The molecule has 0 aliphatic rings. The molecule has 0 atom stereocenters. The molecule has 0 spiro atoms. The zero-order valence-electron chi connectivity index (χ0n) is 13.3. The Hall–Kier alpha value is -2.12. The Morgan fingerprint density at radius 2 is 2.00 bits per heavy atom. The van der Waals surface area contributed by atoms with Crippen LogP contribution in [0.15, 0.2) is 35.5 Å². The zero-order valence-corrected chi connectivity index (χ0v) is 14.9. The highest BCUT2D eigenvalue weighted by Gasteiger charge is 2.10. The van der Waals surface area contributed by atoms with Gasteiger partial charge < -0.3 is 5.32 Å². The van der Waals surface area contributed by atoms with Gasteiger partial charge in [-0.2, -0.15) is 4.98 Å². The van der Waals surface area contributed by atoms with Crippen molar-refractivity contribution in [2.45, 2.75) is 25.5 Å². The van der Waals surface area contributed by atoms with Crippen molar-refractivity contribution in [3.8, 4) is 0 Å². The van der Waals surface area contributed by atoms with Gasteiger partial charge in [-0.05, 0) is 37.6 Å². The Morgan fingerprint density at radius 3 is 2.75 bits per heavy atom. The average molecular weight is 362 g/mol. The summed E-state index contributed by atoms with van der Waals surface area (Å²) in [6.07, 6.45) is 0. The highest BCUT2D eigenvalue weighted by molar-refractivity contribution is 7.99. The van der Waals surface area contributed by atoms with Gasteiger partial charge in [0.1, 0.15) is 0 Å². The highest BCUT2D eigenvalue weighted by atomic mass is 35.5. The highest BCUT2D eigenvalue weighted by Crippen LogP contribution is 2.15. The van der Waals surface area contributed by atoms with Crippen molar-refractivity contribution < 1.29 is 4.79 Å². The maximum atomic E-state index is 12.0. The standard InChI is InChI=1S/C16H16ClN5OS/c1-10-7-11(2)22-15(19-10)20-16(21-22)24-9-14(23)18-8-12-3-5-13(17)6-4-12/h3-7H,8-9H2,1-2H3,(H,18,23). The van der Waals surface area contributed by atoms with E-state index in [1.165, 1.54) is 11.8 Å². The molecule has 3 rings (SSSR count). The zero-order chi connectivity index (χ0) is 17.1. The summed E-state index contributed by atoms with van der Waals surface area (Å²) >= 11 is 7.12. The van der Waals surface area contributed by atoms with E-state index in [1.54, 1.807) is 16.6 Å². The SMILES string of the molecule is Cc1cc(C)n2nc(SCC(=O)NCc3ccc(Cl)cc3)nc2n1. The fourth-order valence-corrected chi connectivity index (χ4v) is 2.97. The number of thioether (sulfide) groups is 1. The Morgan fingerprint density at radius 1 is 1.25 bits per heavy atom. The second-order valence-corrected chi connectivity index (χ2v) is 6.72. The lowest BCUT2D eigenvalue weighted by atomic mass is 10.2. The third-order valence-corrected chi connectivity index (χ3v) is 4.42. The van der Waals surface area contributed by atoms with E-state index in [4.69, 9.17) is 11.6 Å². The van der Waals surface area contributed by atoms with E-state index >= 15 is 0 Å². The summed E-state index contributed by atoms with van der Waals surface area (Å²) in [6, 6.07) is 9.31. The lowest BCUT2D eigenvalue weighted by Gasteiger charge is -2.04. The number of nitrogens with one attached hydrogen (secondary N) is 1. The van der Waals surface area contributed by atoms with Crippen molar-refractivity contribution in [1.82, 2.24) is 24.9 Å². The second-order valence-electron chi connectivity index (χ2n) is 5.34. The molecule has 24 heavy (non-hydrogen) atoms. The van der Waals surface area contributed by atoms with Crippen LogP contribution in [0.2, 0.25) is 5.02 Å². The molecule has 2 aromatic heterocycles. The Labute approximate surface area is 148 Å². The number of fused-ring (bicyclic) bond motifs is 1. The fraction of sp³-hybridized carbons (Fsp3) is 0.250. The first-order chi connectivity index (χ1) is 11.5. The molecular weight excluding hydrogens is 346 g/mol. The molecule has 0 aliphatic heterocycles. The van der Waals surface area contributed by atoms with Gasteiger partial charge in [0.05, 0.1) is 5.75 Å². The first-order valence-corrected chi connectivity index (χ1v) is 8.72. The van der Waals surface area contributed by atoms with Crippen molar-refractivity contribution in [3.05, 3.63) is 52.3 Å². The van der Waals surface area contributed by atoms with Gasteiger partial charge in [0.2, 0.25) is 11.1 Å². The van der Waals surface area contributed by atoms with Gasteiger partial charge in [-0.3, -0.25) is 4.79 Å². The Kier molecular flexibility index (Phi) is 5.01. The topological polar surface area (TPSA) is 72.2 Å². The molecule has 0 bridgehead atoms. The first kappa shape index (κ1) is 16.7. The molecule has 124 valence electrons. The van der Waals surface area contributed by atoms with E-state index in [0.717, 1.165) is 17.0 Å². The van der Waals surface area contributed by atoms with E-state index in [2.05, 4.69) is 20.4 Å². The summed E-state index contributed by atoms with van der Waals surface area (Å²) in [6.45, 7) is 4.33. The van der Waals surface area contributed by atoms with Gasteiger partial charge >= 0.3 is 0 Å². The first-order valence-electron chi connectivity index (χ1n) is 7.36. The van der Waals surface area contributed by atoms with Crippen LogP contribution in [0.25, 0.3) is 5.78 Å². The molecule has 0 saturated carbocycles. The smallest absolute Gasteiger partial charge is 0.253 e. The molecule has 6 nitrogen and oxygen atoms in total. The summed E-state index contributed by atoms with van der Waals surface area (Å²) in [7, 11) is 0. The maximum absolute atomic E-state index is 12.0. The fourth-order valence-electron chi connectivity index (χ4n) is 2.19. The van der Waals surface area contributed by atoms with Gasteiger partial charge in [-0.25, -0.2) is 9.50 Å². The molecule has 0 saturated heterocycles. The number of rotatable bonds is 5. The Balaban J connectivity index is 1.56. The summed E-state index contributed by atoms with van der Waals surface area (Å²) in [4.78, 5) is 20.6. The van der Waals surface area contributed by atoms with Crippen LogP contribution < -0.4 is 5.32 Å². The van der Waals surface area contributed by atoms with Gasteiger partial charge in [-0.1, -0.05) is 35.5 Å². The number of halogens is 1. The van der Waals surface area contributed by atoms with Gasteiger partial charge in [0.15, 0.2) is 0 Å². The number of benzene rings is 1. The van der Waals surface area contributed by atoms with Crippen LogP contribution in [0.4, 0.5) is 0 Å². The van der Waals surface area contributed by atoms with E-state index < -0.39 is 0 Å². The summed E-state index contributed by atoms with van der Waals surface area (Å²) < 4.78 is 1.68. The summed E-state index contributed by atoms with van der Waals surface area (Å²) in [5, 5.41) is 8.44. The molecule has 1 amide bonds. The number of carbonyl (C=O) groups is 1. The molecule has 2 heterocycles. The van der Waals surface area contributed by atoms with Crippen molar-refractivity contribution >= 4 is 35.0 Å². The predicted molar refractivity (Wildman–Crippen MR) is 94.3 cm³/mol. The van der Waals surface area contributed by atoms with E-state index in [-0.39, 0.29) is 11.7 Å². The second kappa shape index (κ2) is 7.19. The van der Waals surface area contributed by atoms with Gasteiger partial charge in [0, 0.05) is 23.0 Å². The number of aromatic nitrogens is 4. The minimum atomic E-state index is -0.0744. The van der Waals surface area contributed by atoms with Crippen molar-refractivity contribution in [3.63, 3.8) is 0 Å². The van der Waals surface area contributed by atoms with Crippen LogP contribution >= 0.6 is 23.4 Å². The van der Waals surface area contributed by atoms with Crippen molar-refractivity contribution in [1.29, 1.82) is 0 Å². The lowest BCUT2D eigenvalue weighted by molar-refractivity contribution is -0.118. The Bertz CT molecular complexity index is 878. The van der Waals surface area contributed by atoms with Crippen molar-refractivity contribution in [2.24, 2.45) is 0 Å². The number of carbonyl (C=O) groups excluding carboxylic acids is 1. The molecule has 3 aromatic rings. The number of amides is 1. The van der Waals surface area contributed by atoms with Crippen LogP contribution in [-0.2, 0) is 11.3 Å².